The monoisotopic (exact) mass is 316 g/mol. The molecule has 0 atom stereocenters. The lowest BCUT2D eigenvalue weighted by atomic mass is 9.88. The summed E-state index contributed by atoms with van der Waals surface area (Å²) in [6, 6.07) is 0. The first-order chi connectivity index (χ1) is 9.87. The number of hydrogen-bond donors (Lipinski definition) is 2. The normalized spacial score (nSPS) is 18.3. The molecular formula is C16H32N2O2S. The molecule has 4 nitrogen and oxygen atoms in total. The van der Waals surface area contributed by atoms with Crippen LogP contribution in [-0.4, -0.2) is 42.3 Å². The summed E-state index contributed by atoms with van der Waals surface area (Å²) in [5.41, 5.74) is -0.423. The predicted molar refractivity (Wildman–Crippen MR) is 91.1 cm³/mol. The second kappa shape index (κ2) is 8.89. The first-order valence-electron chi connectivity index (χ1n) is 8.10. The van der Waals surface area contributed by atoms with Gasteiger partial charge in [0.05, 0.1) is 0 Å². The summed E-state index contributed by atoms with van der Waals surface area (Å²) in [5.74, 6) is 0. The van der Waals surface area contributed by atoms with E-state index in [0.29, 0.717) is 11.3 Å². The van der Waals surface area contributed by atoms with E-state index in [4.69, 9.17) is 4.74 Å². The van der Waals surface area contributed by atoms with E-state index in [2.05, 4.69) is 16.9 Å². The molecule has 0 saturated heterocycles. The minimum atomic E-state index is -0.423. The topological polar surface area (TPSA) is 50.4 Å². The molecule has 0 aromatic carbocycles. The SMILES string of the molecule is CSC1(CNCCCNC(=O)OC(C)(C)C)CCCCC1. The molecule has 0 aromatic rings. The summed E-state index contributed by atoms with van der Waals surface area (Å²) in [7, 11) is 0. The number of rotatable bonds is 7. The maximum atomic E-state index is 11.5. The van der Waals surface area contributed by atoms with E-state index in [1.165, 1.54) is 32.1 Å². The van der Waals surface area contributed by atoms with Gasteiger partial charge in [-0.15, -0.1) is 0 Å². The van der Waals surface area contributed by atoms with Crippen LogP contribution in [0.3, 0.4) is 0 Å². The van der Waals surface area contributed by atoms with Gasteiger partial charge in [-0.05, 0) is 52.8 Å². The van der Waals surface area contributed by atoms with E-state index in [1.807, 2.05) is 32.5 Å². The molecule has 0 spiro atoms. The van der Waals surface area contributed by atoms with Crippen LogP contribution < -0.4 is 10.6 Å². The van der Waals surface area contributed by atoms with Crippen LogP contribution >= 0.6 is 11.8 Å². The second-order valence-electron chi connectivity index (χ2n) is 6.91. The van der Waals surface area contributed by atoms with Crippen molar-refractivity contribution >= 4 is 17.9 Å². The van der Waals surface area contributed by atoms with Gasteiger partial charge < -0.3 is 15.4 Å². The fourth-order valence-electron chi connectivity index (χ4n) is 2.68. The van der Waals surface area contributed by atoms with Crippen LogP contribution in [0.5, 0.6) is 0 Å². The van der Waals surface area contributed by atoms with Crippen LogP contribution in [0.15, 0.2) is 0 Å². The van der Waals surface area contributed by atoms with Gasteiger partial charge in [-0.3, -0.25) is 0 Å². The fourth-order valence-corrected chi connectivity index (χ4v) is 3.63. The zero-order valence-electron chi connectivity index (χ0n) is 14.1. The van der Waals surface area contributed by atoms with Crippen LogP contribution in [0.25, 0.3) is 0 Å². The number of ether oxygens (including phenoxy) is 1. The first-order valence-corrected chi connectivity index (χ1v) is 9.32. The Kier molecular flexibility index (Phi) is 7.88. The van der Waals surface area contributed by atoms with Gasteiger partial charge in [-0.2, -0.15) is 11.8 Å². The van der Waals surface area contributed by atoms with Crippen LogP contribution in [0, 0.1) is 0 Å². The van der Waals surface area contributed by atoms with E-state index >= 15 is 0 Å². The number of carbonyl (C=O) groups is 1. The molecule has 1 saturated carbocycles. The van der Waals surface area contributed by atoms with Crippen LogP contribution in [0.2, 0.25) is 0 Å². The van der Waals surface area contributed by atoms with Crippen molar-refractivity contribution in [2.45, 2.75) is 69.6 Å². The largest absolute Gasteiger partial charge is 0.444 e. The van der Waals surface area contributed by atoms with Crippen molar-refractivity contribution < 1.29 is 9.53 Å². The second-order valence-corrected chi connectivity index (χ2v) is 8.18. The third-order valence-corrected chi connectivity index (χ3v) is 5.26. The standard InChI is InChI=1S/C16H32N2O2S/c1-15(2,3)20-14(19)18-12-8-11-17-13-16(21-4)9-6-5-7-10-16/h17H,5-13H2,1-4H3,(H,18,19). The van der Waals surface area contributed by atoms with E-state index in [1.54, 1.807) is 0 Å². The lowest BCUT2D eigenvalue weighted by Gasteiger charge is -2.36. The Balaban J connectivity index is 2.07. The number of alkyl carbamates (subject to hydrolysis) is 1. The van der Waals surface area contributed by atoms with Gasteiger partial charge in [-0.1, -0.05) is 19.3 Å². The summed E-state index contributed by atoms with van der Waals surface area (Å²) < 4.78 is 5.64. The molecule has 2 N–H and O–H groups in total. The molecule has 5 heteroatoms. The fraction of sp³-hybridized carbons (Fsp3) is 0.938. The highest BCUT2D eigenvalue weighted by molar-refractivity contribution is 8.00. The summed E-state index contributed by atoms with van der Waals surface area (Å²) in [5, 5.41) is 6.35. The number of amides is 1. The molecular weight excluding hydrogens is 284 g/mol. The third kappa shape index (κ3) is 7.96. The van der Waals surface area contributed by atoms with Crippen molar-refractivity contribution in [1.82, 2.24) is 10.6 Å². The van der Waals surface area contributed by atoms with Gasteiger partial charge in [0.2, 0.25) is 0 Å². The quantitative estimate of drug-likeness (QED) is 0.705. The molecule has 0 aliphatic heterocycles. The predicted octanol–water partition coefficient (Wildman–Crippen LogP) is 3.56. The van der Waals surface area contributed by atoms with Crippen molar-refractivity contribution in [3.8, 4) is 0 Å². The van der Waals surface area contributed by atoms with Crippen LogP contribution in [0.1, 0.15) is 59.3 Å². The maximum Gasteiger partial charge on any atom is 0.407 e. The molecule has 21 heavy (non-hydrogen) atoms. The van der Waals surface area contributed by atoms with Crippen molar-refractivity contribution in [1.29, 1.82) is 0 Å². The Morgan fingerprint density at radius 2 is 1.86 bits per heavy atom. The van der Waals surface area contributed by atoms with E-state index in [0.717, 1.165) is 19.5 Å². The van der Waals surface area contributed by atoms with E-state index < -0.39 is 5.60 Å². The molecule has 0 bridgehead atoms. The minimum Gasteiger partial charge on any atom is -0.444 e. The van der Waals surface area contributed by atoms with Crippen molar-refractivity contribution in [2.75, 3.05) is 25.9 Å². The average molecular weight is 317 g/mol. The Morgan fingerprint density at radius 1 is 1.19 bits per heavy atom. The van der Waals surface area contributed by atoms with Crippen molar-refractivity contribution in [3.05, 3.63) is 0 Å². The molecule has 1 fully saturated rings. The number of carbonyl (C=O) groups excluding carboxylic acids is 1. The molecule has 1 amide bonds. The lowest BCUT2D eigenvalue weighted by molar-refractivity contribution is 0.0527. The summed E-state index contributed by atoms with van der Waals surface area (Å²) in [6.45, 7) is 8.31. The number of nitrogens with one attached hydrogen (secondary N) is 2. The first kappa shape index (κ1) is 18.6. The van der Waals surface area contributed by atoms with Gasteiger partial charge in [0.15, 0.2) is 0 Å². The van der Waals surface area contributed by atoms with E-state index in [9.17, 15) is 4.79 Å². The highest BCUT2D eigenvalue weighted by atomic mass is 32.2. The zero-order valence-corrected chi connectivity index (χ0v) is 14.9. The summed E-state index contributed by atoms with van der Waals surface area (Å²) in [6.07, 6.45) is 9.62. The Hall–Kier alpha value is -0.420. The maximum absolute atomic E-state index is 11.5. The molecule has 1 aliphatic rings. The smallest absolute Gasteiger partial charge is 0.407 e. The molecule has 1 aliphatic carbocycles. The van der Waals surface area contributed by atoms with Gasteiger partial charge in [0.25, 0.3) is 0 Å². The zero-order chi connectivity index (χ0) is 15.8. The number of hydrogen-bond acceptors (Lipinski definition) is 4. The average Bonchev–Trinajstić information content (AvgIpc) is 2.42. The number of thioether (sulfide) groups is 1. The summed E-state index contributed by atoms with van der Waals surface area (Å²) in [4.78, 5) is 11.5. The summed E-state index contributed by atoms with van der Waals surface area (Å²) >= 11 is 2.02. The molecule has 0 aromatic heterocycles. The van der Waals surface area contributed by atoms with Gasteiger partial charge in [0.1, 0.15) is 5.60 Å². The Labute approximate surface area is 134 Å². The highest BCUT2D eigenvalue weighted by Crippen LogP contribution is 2.37. The third-order valence-electron chi connectivity index (χ3n) is 3.84. The molecule has 1 rings (SSSR count). The molecule has 0 unspecified atom stereocenters. The highest BCUT2D eigenvalue weighted by Gasteiger charge is 2.30. The van der Waals surface area contributed by atoms with Gasteiger partial charge >= 0.3 is 6.09 Å². The lowest BCUT2D eigenvalue weighted by Crippen LogP contribution is -2.40. The minimum absolute atomic E-state index is 0.324. The molecule has 124 valence electrons. The van der Waals surface area contributed by atoms with Crippen LogP contribution in [0.4, 0.5) is 4.79 Å². The van der Waals surface area contributed by atoms with Gasteiger partial charge in [0, 0.05) is 17.8 Å². The van der Waals surface area contributed by atoms with Crippen LogP contribution in [-0.2, 0) is 4.74 Å². The van der Waals surface area contributed by atoms with Crippen molar-refractivity contribution in [3.63, 3.8) is 0 Å². The Morgan fingerprint density at radius 3 is 2.43 bits per heavy atom. The molecule has 0 radical (unpaired) electrons. The van der Waals surface area contributed by atoms with Crippen molar-refractivity contribution in [2.24, 2.45) is 0 Å². The molecule has 0 heterocycles. The Bertz CT molecular complexity index is 310. The van der Waals surface area contributed by atoms with E-state index in [-0.39, 0.29) is 6.09 Å². The van der Waals surface area contributed by atoms with Gasteiger partial charge in [-0.25, -0.2) is 4.79 Å².